The summed E-state index contributed by atoms with van der Waals surface area (Å²) in [6.07, 6.45) is 0.852. The molecule has 1 saturated carbocycles. The van der Waals surface area contributed by atoms with Gasteiger partial charge in [0.25, 0.3) is 0 Å². The number of hydrogen-bond donors (Lipinski definition) is 1. The van der Waals surface area contributed by atoms with Crippen LogP contribution in [0.3, 0.4) is 0 Å². The van der Waals surface area contributed by atoms with E-state index in [2.05, 4.69) is 11.4 Å². The van der Waals surface area contributed by atoms with Crippen LogP contribution in [-0.2, 0) is 14.9 Å². The molecular weight excluding hydrogens is 384 g/mol. The number of benzene rings is 2. The molecule has 4 heterocycles. The first-order valence-corrected chi connectivity index (χ1v) is 10.6. The first kappa shape index (κ1) is 17.0. The molecule has 2 fully saturated rings. The number of fused-ring (bicyclic) bond motifs is 5. The third-order valence-corrected chi connectivity index (χ3v) is 7.15. The largest absolute Gasteiger partial charge is 0.491 e. The summed E-state index contributed by atoms with van der Waals surface area (Å²) < 4.78 is 23.8. The van der Waals surface area contributed by atoms with Crippen molar-refractivity contribution in [2.24, 2.45) is 0 Å². The lowest BCUT2D eigenvalue weighted by Crippen LogP contribution is -2.49. The maximum atomic E-state index is 14.1. The van der Waals surface area contributed by atoms with Gasteiger partial charge in [0.2, 0.25) is 5.91 Å². The van der Waals surface area contributed by atoms with Gasteiger partial charge in [0.15, 0.2) is 11.5 Å². The molecule has 2 spiro atoms. The Morgan fingerprint density at radius 3 is 2.63 bits per heavy atom. The Morgan fingerprint density at radius 1 is 0.967 bits per heavy atom. The molecule has 2 aromatic carbocycles. The van der Waals surface area contributed by atoms with E-state index in [0.717, 1.165) is 36.3 Å². The summed E-state index contributed by atoms with van der Waals surface area (Å²) in [5, 5.41) is 3.42. The van der Waals surface area contributed by atoms with Crippen LogP contribution < -0.4 is 24.4 Å². The van der Waals surface area contributed by atoms with Crippen LogP contribution in [0.1, 0.15) is 17.5 Å². The number of nitrogens with zero attached hydrogens (tertiary/aromatic N) is 1. The van der Waals surface area contributed by atoms with Crippen molar-refractivity contribution in [1.82, 2.24) is 5.32 Å². The van der Waals surface area contributed by atoms with Gasteiger partial charge in [-0.2, -0.15) is 0 Å². The van der Waals surface area contributed by atoms with Crippen molar-refractivity contribution in [3.63, 3.8) is 0 Å². The minimum Gasteiger partial charge on any atom is -0.491 e. The first-order chi connectivity index (χ1) is 14.7. The summed E-state index contributed by atoms with van der Waals surface area (Å²) in [7, 11) is 0. The Labute approximate surface area is 173 Å². The molecule has 1 amide bonds. The quantitative estimate of drug-likeness (QED) is 0.776. The molecule has 0 bridgehead atoms. The van der Waals surface area contributed by atoms with Crippen LogP contribution in [-0.4, -0.2) is 57.1 Å². The fraction of sp³-hybridized carbons (Fsp3) is 0.435. The molecular formula is C23H22N2O5. The number of ether oxygens (including phenoxy) is 4. The van der Waals surface area contributed by atoms with Crippen molar-refractivity contribution < 1.29 is 23.7 Å². The van der Waals surface area contributed by atoms with Gasteiger partial charge in [-0.3, -0.25) is 4.79 Å². The lowest BCUT2D eigenvalue weighted by molar-refractivity contribution is -0.122. The van der Waals surface area contributed by atoms with Crippen molar-refractivity contribution in [3.05, 3.63) is 47.5 Å². The normalized spacial score (nSPS) is 32.9. The van der Waals surface area contributed by atoms with Crippen molar-refractivity contribution in [2.75, 3.05) is 44.4 Å². The molecule has 1 N–H and O–H groups in total. The highest BCUT2D eigenvalue weighted by molar-refractivity contribution is 6.12. The summed E-state index contributed by atoms with van der Waals surface area (Å²) in [5.41, 5.74) is 1.69. The Bertz CT molecular complexity index is 1080. The molecule has 5 aliphatic rings. The van der Waals surface area contributed by atoms with Crippen LogP contribution in [0.5, 0.6) is 17.2 Å². The van der Waals surface area contributed by atoms with Gasteiger partial charge in [-0.05, 0) is 17.7 Å². The summed E-state index contributed by atoms with van der Waals surface area (Å²) in [6, 6.07) is 11.9. The molecule has 7 heteroatoms. The van der Waals surface area contributed by atoms with E-state index in [1.54, 1.807) is 0 Å². The number of morpholine rings is 1. The van der Waals surface area contributed by atoms with Gasteiger partial charge in [-0.1, -0.05) is 18.2 Å². The molecule has 2 aromatic rings. The zero-order chi connectivity index (χ0) is 19.9. The molecule has 7 nitrogen and oxygen atoms in total. The van der Waals surface area contributed by atoms with Crippen LogP contribution in [0.25, 0.3) is 0 Å². The third kappa shape index (κ3) is 1.99. The first-order valence-electron chi connectivity index (χ1n) is 10.6. The topological polar surface area (TPSA) is 69.3 Å². The maximum absolute atomic E-state index is 14.1. The van der Waals surface area contributed by atoms with Crippen molar-refractivity contribution in [3.8, 4) is 17.2 Å². The number of rotatable bonds is 1. The molecule has 1 aliphatic carbocycles. The van der Waals surface area contributed by atoms with E-state index < -0.39 is 5.41 Å². The lowest BCUT2D eigenvalue weighted by atomic mass is 9.77. The van der Waals surface area contributed by atoms with E-state index in [1.807, 2.05) is 35.2 Å². The summed E-state index contributed by atoms with van der Waals surface area (Å²) in [6.45, 7) is 3.63. The van der Waals surface area contributed by atoms with Crippen LogP contribution in [0.2, 0.25) is 0 Å². The fourth-order valence-electron chi connectivity index (χ4n) is 5.59. The number of amides is 1. The second-order valence-corrected chi connectivity index (χ2v) is 8.69. The minimum atomic E-state index is -0.854. The van der Waals surface area contributed by atoms with E-state index in [9.17, 15) is 4.79 Å². The Hall–Kier alpha value is -2.77. The zero-order valence-corrected chi connectivity index (χ0v) is 16.5. The Morgan fingerprint density at radius 2 is 1.80 bits per heavy atom. The molecule has 3 atom stereocenters. The summed E-state index contributed by atoms with van der Waals surface area (Å²) in [4.78, 5) is 16.1. The van der Waals surface area contributed by atoms with Crippen LogP contribution in [0, 0.1) is 0 Å². The van der Waals surface area contributed by atoms with Gasteiger partial charge in [-0.25, -0.2) is 0 Å². The predicted molar refractivity (Wildman–Crippen MR) is 108 cm³/mol. The number of anilines is 1. The molecule has 30 heavy (non-hydrogen) atoms. The smallest absolute Gasteiger partial charge is 0.246 e. The third-order valence-electron chi connectivity index (χ3n) is 7.15. The SMILES string of the molecule is O=C1N([C@@H]2CC23CNCCO3)c2ccccc2[C@]12COc1cc3c(cc12)OCCO3. The average Bonchev–Trinajstić information content (AvgIpc) is 3.21. The van der Waals surface area contributed by atoms with E-state index >= 15 is 0 Å². The second-order valence-electron chi connectivity index (χ2n) is 8.69. The van der Waals surface area contributed by atoms with Gasteiger partial charge in [0.05, 0.1) is 12.6 Å². The lowest BCUT2D eigenvalue weighted by Gasteiger charge is -2.29. The Balaban J connectivity index is 1.37. The van der Waals surface area contributed by atoms with Crippen molar-refractivity contribution in [1.29, 1.82) is 0 Å². The highest BCUT2D eigenvalue weighted by atomic mass is 16.6. The number of hydrogen-bond acceptors (Lipinski definition) is 6. The van der Waals surface area contributed by atoms with E-state index in [0.29, 0.717) is 37.1 Å². The minimum absolute atomic E-state index is 0.0413. The standard InChI is InChI=1S/C23H22N2O5/c26-21-23(13-29-17-10-19-18(9-15(17)23)27-7-8-28-19)14-3-1-2-4-16(14)25(21)20-11-22(20)12-24-5-6-30-22/h1-4,9-10,20,24H,5-8,11-13H2/t20-,22?,23+/m1/s1. The molecule has 1 unspecified atom stereocenters. The summed E-state index contributed by atoms with van der Waals surface area (Å²) in [5.74, 6) is 2.12. The van der Waals surface area contributed by atoms with Gasteiger partial charge in [0.1, 0.15) is 36.6 Å². The molecule has 154 valence electrons. The highest BCUT2D eigenvalue weighted by Gasteiger charge is 2.67. The number of nitrogens with one attached hydrogen (secondary N) is 1. The van der Waals surface area contributed by atoms with Crippen molar-refractivity contribution in [2.45, 2.75) is 23.5 Å². The van der Waals surface area contributed by atoms with E-state index in [4.69, 9.17) is 18.9 Å². The van der Waals surface area contributed by atoms with Crippen LogP contribution >= 0.6 is 0 Å². The number of carbonyl (C=O) groups is 1. The number of para-hydroxylation sites is 1. The van der Waals surface area contributed by atoms with Gasteiger partial charge in [0, 0.05) is 36.8 Å². The molecule has 0 aromatic heterocycles. The highest BCUT2D eigenvalue weighted by Crippen LogP contribution is 2.58. The summed E-state index contributed by atoms with van der Waals surface area (Å²) >= 11 is 0. The monoisotopic (exact) mass is 406 g/mol. The van der Waals surface area contributed by atoms with Crippen LogP contribution in [0.15, 0.2) is 36.4 Å². The van der Waals surface area contributed by atoms with Gasteiger partial charge >= 0.3 is 0 Å². The predicted octanol–water partition coefficient (Wildman–Crippen LogP) is 1.61. The van der Waals surface area contributed by atoms with Crippen molar-refractivity contribution >= 4 is 11.6 Å². The fourth-order valence-corrected chi connectivity index (χ4v) is 5.59. The van der Waals surface area contributed by atoms with E-state index in [-0.39, 0.29) is 24.2 Å². The Kier molecular flexibility index (Phi) is 3.21. The number of carbonyl (C=O) groups excluding carboxylic acids is 1. The average molecular weight is 406 g/mol. The van der Waals surface area contributed by atoms with Crippen LogP contribution in [0.4, 0.5) is 5.69 Å². The molecule has 4 aliphatic heterocycles. The van der Waals surface area contributed by atoms with Gasteiger partial charge in [-0.15, -0.1) is 0 Å². The van der Waals surface area contributed by atoms with E-state index in [1.165, 1.54) is 0 Å². The molecule has 0 radical (unpaired) electrons. The molecule has 7 rings (SSSR count). The maximum Gasteiger partial charge on any atom is 0.246 e. The second kappa shape index (κ2) is 5.68. The zero-order valence-electron chi connectivity index (χ0n) is 16.5. The van der Waals surface area contributed by atoms with Gasteiger partial charge < -0.3 is 29.2 Å². The molecule has 1 saturated heterocycles.